The predicted molar refractivity (Wildman–Crippen MR) is 130 cm³/mol. The molecule has 1 aliphatic heterocycles. The first-order valence-corrected chi connectivity index (χ1v) is 12.0. The van der Waals surface area contributed by atoms with Crippen LogP contribution in [0.15, 0.2) is 53.3 Å². The molecule has 0 saturated heterocycles. The number of aromatic amines is 1. The van der Waals surface area contributed by atoms with Crippen molar-refractivity contribution in [1.29, 1.82) is 0 Å². The number of hydrogen-bond acceptors (Lipinski definition) is 4. The van der Waals surface area contributed by atoms with Gasteiger partial charge in [0.25, 0.3) is 11.5 Å². The molecule has 2 aliphatic rings. The Morgan fingerprint density at radius 3 is 2.60 bits per heavy atom. The summed E-state index contributed by atoms with van der Waals surface area (Å²) in [6.45, 7) is 6.70. The van der Waals surface area contributed by atoms with Gasteiger partial charge in [0.1, 0.15) is 11.6 Å². The van der Waals surface area contributed by atoms with Crippen molar-refractivity contribution >= 4 is 5.91 Å². The van der Waals surface area contributed by atoms with Crippen LogP contribution in [0.25, 0.3) is 0 Å². The summed E-state index contributed by atoms with van der Waals surface area (Å²) in [5.41, 5.74) is 2.65. The Balaban J connectivity index is 1.38. The van der Waals surface area contributed by atoms with E-state index in [1.165, 1.54) is 17.0 Å². The second-order valence-electron chi connectivity index (χ2n) is 10.7. The minimum Gasteiger partial charge on any atom is -0.378 e. The molecule has 2 N–H and O–H groups in total. The zero-order chi connectivity index (χ0) is 25.0. The van der Waals surface area contributed by atoms with Crippen molar-refractivity contribution in [3.8, 4) is 0 Å². The molecule has 1 atom stereocenters. The standard InChI is InChI=1S/C28H30FN3O3/c1-27(2,3)18-7-4-6-17(14-18)23(33)25(35)32-13-10-22-21(16-32)24(34)31-26(30-22)28(11-12-28)19-8-5-9-20(29)15-19/h4-9,14-15,23,33H,10-13,16H2,1-3H3,(H,30,31,34). The van der Waals surface area contributed by atoms with E-state index in [0.717, 1.165) is 24.0 Å². The van der Waals surface area contributed by atoms with Crippen molar-refractivity contribution in [2.75, 3.05) is 6.54 Å². The van der Waals surface area contributed by atoms with Crippen LogP contribution in [0.2, 0.25) is 0 Å². The lowest BCUT2D eigenvalue weighted by molar-refractivity contribution is -0.141. The Morgan fingerprint density at radius 1 is 1.17 bits per heavy atom. The summed E-state index contributed by atoms with van der Waals surface area (Å²) in [4.78, 5) is 35.4. The number of H-pyrrole nitrogens is 1. The van der Waals surface area contributed by atoms with E-state index in [-0.39, 0.29) is 23.3 Å². The van der Waals surface area contributed by atoms with Gasteiger partial charge in [0, 0.05) is 13.0 Å². The highest BCUT2D eigenvalue weighted by atomic mass is 19.1. The van der Waals surface area contributed by atoms with E-state index in [0.29, 0.717) is 35.6 Å². The lowest BCUT2D eigenvalue weighted by Gasteiger charge is -2.30. The summed E-state index contributed by atoms with van der Waals surface area (Å²) in [5, 5.41) is 10.8. The second kappa shape index (κ2) is 8.41. The topological polar surface area (TPSA) is 86.3 Å². The Bertz CT molecular complexity index is 1350. The second-order valence-corrected chi connectivity index (χ2v) is 10.7. The smallest absolute Gasteiger partial charge is 0.256 e. The highest BCUT2D eigenvalue weighted by Crippen LogP contribution is 2.52. The van der Waals surface area contributed by atoms with Crippen molar-refractivity contribution < 1.29 is 14.3 Å². The summed E-state index contributed by atoms with van der Waals surface area (Å²) >= 11 is 0. The molecule has 1 fully saturated rings. The molecule has 2 heterocycles. The highest BCUT2D eigenvalue weighted by molar-refractivity contribution is 5.82. The van der Waals surface area contributed by atoms with Gasteiger partial charge in [0.15, 0.2) is 6.10 Å². The molecule has 1 aromatic heterocycles. The number of fused-ring (bicyclic) bond motifs is 1. The summed E-state index contributed by atoms with van der Waals surface area (Å²) in [5.74, 6) is -0.177. The number of rotatable bonds is 4. The molecule has 2 aromatic carbocycles. The van der Waals surface area contributed by atoms with E-state index in [4.69, 9.17) is 4.98 Å². The maximum atomic E-state index is 13.8. The average Bonchev–Trinajstić information content (AvgIpc) is 3.65. The number of carbonyl (C=O) groups excluding carboxylic acids is 1. The van der Waals surface area contributed by atoms with Gasteiger partial charge in [-0.2, -0.15) is 0 Å². The van der Waals surface area contributed by atoms with Gasteiger partial charge in [-0.25, -0.2) is 9.37 Å². The van der Waals surface area contributed by atoms with Crippen LogP contribution in [0, 0.1) is 5.82 Å². The maximum Gasteiger partial charge on any atom is 0.256 e. The first kappa shape index (κ1) is 23.4. The molecule has 35 heavy (non-hydrogen) atoms. The van der Waals surface area contributed by atoms with Crippen LogP contribution in [-0.2, 0) is 28.6 Å². The number of benzene rings is 2. The van der Waals surface area contributed by atoms with Crippen LogP contribution in [0.4, 0.5) is 4.39 Å². The van der Waals surface area contributed by atoms with E-state index in [1.54, 1.807) is 12.1 Å². The van der Waals surface area contributed by atoms with Crippen LogP contribution < -0.4 is 5.56 Å². The van der Waals surface area contributed by atoms with E-state index < -0.39 is 17.4 Å². The van der Waals surface area contributed by atoms with E-state index in [1.807, 2.05) is 24.3 Å². The van der Waals surface area contributed by atoms with Gasteiger partial charge in [-0.3, -0.25) is 9.59 Å². The molecular weight excluding hydrogens is 445 g/mol. The van der Waals surface area contributed by atoms with Crippen molar-refractivity contribution in [3.63, 3.8) is 0 Å². The van der Waals surface area contributed by atoms with Crippen LogP contribution in [-0.4, -0.2) is 32.4 Å². The van der Waals surface area contributed by atoms with Crippen molar-refractivity contribution in [2.45, 2.75) is 63.5 Å². The molecule has 6 nitrogen and oxygen atoms in total. The maximum absolute atomic E-state index is 13.8. The molecular formula is C28H30FN3O3. The summed E-state index contributed by atoms with van der Waals surface area (Å²) in [7, 11) is 0. The molecule has 1 unspecified atom stereocenters. The molecule has 182 valence electrons. The summed E-state index contributed by atoms with van der Waals surface area (Å²) in [6, 6.07) is 13.9. The summed E-state index contributed by atoms with van der Waals surface area (Å²) < 4.78 is 13.8. The van der Waals surface area contributed by atoms with E-state index >= 15 is 0 Å². The van der Waals surface area contributed by atoms with Crippen molar-refractivity contribution in [3.05, 3.63) is 98.5 Å². The Morgan fingerprint density at radius 2 is 1.91 bits per heavy atom. The van der Waals surface area contributed by atoms with E-state index in [2.05, 4.69) is 25.8 Å². The Labute approximate surface area is 203 Å². The number of aliphatic hydroxyl groups is 1. The fraction of sp³-hybridized carbons (Fsp3) is 0.393. The lowest BCUT2D eigenvalue weighted by Crippen LogP contribution is -2.42. The Hall–Kier alpha value is -3.32. The average molecular weight is 476 g/mol. The molecule has 0 bridgehead atoms. The molecule has 3 aromatic rings. The van der Waals surface area contributed by atoms with Crippen molar-refractivity contribution in [2.24, 2.45) is 0 Å². The molecule has 1 saturated carbocycles. The third-order valence-electron chi connectivity index (χ3n) is 7.26. The summed E-state index contributed by atoms with van der Waals surface area (Å²) in [6.07, 6.45) is 0.713. The quantitative estimate of drug-likeness (QED) is 0.599. The first-order chi connectivity index (χ1) is 16.6. The number of aromatic nitrogens is 2. The number of nitrogens with one attached hydrogen (secondary N) is 1. The van der Waals surface area contributed by atoms with Crippen LogP contribution in [0.3, 0.4) is 0 Å². The minimum atomic E-state index is -1.30. The molecule has 1 amide bonds. The zero-order valence-corrected chi connectivity index (χ0v) is 20.3. The van der Waals surface area contributed by atoms with Gasteiger partial charge in [0.05, 0.1) is 23.2 Å². The number of halogens is 1. The first-order valence-electron chi connectivity index (χ1n) is 12.0. The van der Waals surface area contributed by atoms with E-state index in [9.17, 15) is 19.1 Å². The third kappa shape index (κ3) is 4.29. The van der Waals surface area contributed by atoms with Crippen molar-refractivity contribution in [1.82, 2.24) is 14.9 Å². The molecule has 0 radical (unpaired) electrons. The van der Waals surface area contributed by atoms with Crippen LogP contribution in [0.1, 0.15) is 73.5 Å². The van der Waals surface area contributed by atoms with Crippen LogP contribution >= 0.6 is 0 Å². The zero-order valence-electron chi connectivity index (χ0n) is 20.3. The van der Waals surface area contributed by atoms with Crippen LogP contribution in [0.5, 0.6) is 0 Å². The number of amides is 1. The number of carbonyl (C=O) groups is 1. The molecule has 5 rings (SSSR count). The fourth-order valence-corrected chi connectivity index (χ4v) is 4.90. The largest absolute Gasteiger partial charge is 0.378 e. The van der Waals surface area contributed by atoms with Gasteiger partial charge >= 0.3 is 0 Å². The van der Waals surface area contributed by atoms with Gasteiger partial charge in [-0.15, -0.1) is 0 Å². The van der Waals surface area contributed by atoms with Gasteiger partial charge in [-0.1, -0.05) is 57.2 Å². The minimum absolute atomic E-state index is 0.0970. The fourth-order valence-electron chi connectivity index (χ4n) is 4.90. The van der Waals surface area contributed by atoms with Gasteiger partial charge in [-0.05, 0) is 47.1 Å². The van der Waals surface area contributed by atoms with Gasteiger partial charge < -0.3 is 15.0 Å². The SMILES string of the molecule is CC(C)(C)c1cccc(C(O)C(=O)N2CCc3nc(C4(c5cccc(F)c5)CC4)[nH]c(=O)c3C2)c1. The highest BCUT2D eigenvalue weighted by Gasteiger charge is 2.49. The molecule has 7 heteroatoms. The lowest BCUT2D eigenvalue weighted by atomic mass is 9.85. The van der Waals surface area contributed by atoms with Gasteiger partial charge in [0.2, 0.25) is 0 Å². The number of nitrogens with zero attached hydrogens (tertiary/aromatic N) is 2. The number of aliphatic hydroxyl groups excluding tert-OH is 1. The monoisotopic (exact) mass is 475 g/mol. The predicted octanol–water partition coefficient (Wildman–Crippen LogP) is 3.90. The Kier molecular flexibility index (Phi) is 5.63. The number of hydrogen-bond donors (Lipinski definition) is 2. The third-order valence-corrected chi connectivity index (χ3v) is 7.26. The molecule has 1 aliphatic carbocycles. The normalized spacial score (nSPS) is 17.6. The molecule has 0 spiro atoms.